The van der Waals surface area contributed by atoms with Crippen LogP contribution in [0, 0.1) is 11.6 Å². The molecule has 0 bridgehead atoms. The number of halogens is 3. The molecule has 8 nitrogen and oxygen atoms in total. The van der Waals surface area contributed by atoms with Crippen molar-refractivity contribution >= 4 is 40.8 Å². The molecule has 0 fully saturated rings. The summed E-state index contributed by atoms with van der Waals surface area (Å²) in [7, 11) is 2.36. The van der Waals surface area contributed by atoms with Crippen molar-refractivity contribution in [2.75, 3.05) is 37.8 Å². The highest BCUT2D eigenvalue weighted by atomic mass is 35.5. The Kier molecular flexibility index (Phi) is 7.06. The van der Waals surface area contributed by atoms with Crippen molar-refractivity contribution in [3.05, 3.63) is 69.9 Å². The van der Waals surface area contributed by atoms with Crippen molar-refractivity contribution in [2.24, 2.45) is 0 Å². The van der Waals surface area contributed by atoms with Crippen LogP contribution in [0.5, 0.6) is 0 Å². The topological polar surface area (TPSA) is 94.2 Å². The van der Waals surface area contributed by atoms with Gasteiger partial charge in [0.05, 0.1) is 37.0 Å². The lowest BCUT2D eigenvalue weighted by Gasteiger charge is -2.31. The molecule has 11 heteroatoms. The maximum atomic E-state index is 13.5. The molecular weight excluding hydrogens is 450 g/mol. The standard InChI is InChI=1S/C21H17ClF2N2O6/c1-30-20(28)14-9-32-10-26(18(14)21(29)31-2)12-5-3-11(4-6-12)25-19(27)13-7-16(23)17(24)8-15(13)22/h3-8H,9-10H2,1-2H3,(H,25,27). The lowest BCUT2D eigenvalue weighted by atomic mass is 10.1. The average molecular weight is 467 g/mol. The molecule has 0 aliphatic carbocycles. The van der Waals surface area contributed by atoms with E-state index in [4.69, 9.17) is 25.8 Å². The second kappa shape index (κ2) is 9.75. The molecule has 2 aromatic rings. The van der Waals surface area contributed by atoms with Gasteiger partial charge >= 0.3 is 11.9 Å². The number of anilines is 2. The molecule has 168 valence electrons. The monoisotopic (exact) mass is 466 g/mol. The van der Waals surface area contributed by atoms with E-state index in [9.17, 15) is 23.2 Å². The predicted molar refractivity (Wildman–Crippen MR) is 110 cm³/mol. The third kappa shape index (κ3) is 4.71. The molecule has 1 aliphatic rings. The molecule has 0 aromatic heterocycles. The zero-order valence-electron chi connectivity index (χ0n) is 16.9. The van der Waals surface area contributed by atoms with Crippen molar-refractivity contribution in [3.8, 4) is 0 Å². The van der Waals surface area contributed by atoms with Crippen molar-refractivity contribution in [3.63, 3.8) is 0 Å². The van der Waals surface area contributed by atoms with Crippen LogP contribution in [0.25, 0.3) is 0 Å². The summed E-state index contributed by atoms with van der Waals surface area (Å²) in [6, 6.07) is 7.52. The number of hydrogen-bond donors (Lipinski definition) is 1. The van der Waals surface area contributed by atoms with Crippen LogP contribution in [-0.2, 0) is 23.8 Å². The second-order valence-electron chi connectivity index (χ2n) is 6.46. The molecular formula is C21H17ClF2N2O6. The van der Waals surface area contributed by atoms with E-state index in [0.717, 1.165) is 0 Å². The first-order chi connectivity index (χ1) is 15.3. The molecule has 0 saturated carbocycles. The fraction of sp³-hybridized carbons (Fsp3) is 0.190. The van der Waals surface area contributed by atoms with Crippen LogP contribution < -0.4 is 10.2 Å². The molecule has 0 radical (unpaired) electrons. The Morgan fingerprint density at radius 3 is 2.28 bits per heavy atom. The van der Waals surface area contributed by atoms with Gasteiger partial charge in [-0.2, -0.15) is 0 Å². The molecule has 0 atom stereocenters. The van der Waals surface area contributed by atoms with Gasteiger partial charge in [-0.25, -0.2) is 18.4 Å². The minimum atomic E-state index is -1.21. The van der Waals surface area contributed by atoms with Crippen LogP contribution in [0.1, 0.15) is 10.4 Å². The maximum absolute atomic E-state index is 13.5. The van der Waals surface area contributed by atoms with E-state index in [1.54, 1.807) is 12.1 Å². The summed E-state index contributed by atoms with van der Waals surface area (Å²) in [6.45, 7) is -0.169. The number of methoxy groups -OCH3 is 2. The molecule has 32 heavy (non-hydrogen) atoms. The van der Waals surface area contributed by atoms with Crippen LogP contribution in [0.15, 0.2) is 47.7 Å². The largest absolute Gasteiger partial charge is 0.466 e. The van der Waals surface area contributed by atoms with Crippen LogP contribution >= 0.6 is 11.6 Å². The highest BCUT2D eigenvalue weighted by Crippen LogP contribution is 2.28. The molecule has 2 aromatic carbocycles. The number of benzene rings is 2. The summed E-state index contributed by atoms with van der Waals surface area (Å²) in [5.74, 6) is -4.60. The van der Waals surface area contributed by atoms with E-state index in [0.29, 0.717) is 23.5 Å². The number of esters is 2. The van der Waals surface area contributed by atoms with E-state index in [-0.39, 0.29) is 35.2 Å². The molecule has 1 N–H and O–H groups in total. The normalized spacial score (nSPS) is 13.6. The van der Waals surface area contributed by atoms with E-state index in [1.807, 2.05) is 0 Å². The van der Waals surface area contributed by atoms with Gasteiger partial charge in [-0.05, 0) is 36.4 Å². The second-order valence-corrected chi connectivity index (χ2v) is 6.87. The minimum absolute atomic E-state index is 0.00374. The Labute approximate surface area is 186 Å². The molecule has 1 aliphatic heterocycles. The Hall–Kier alpha value is -3.50. The van der Waals surface area contributed by atoms with E-state index < -0.39 is 29.5 Å². The average Bonchev–Trinajstić information content (AvgIpc) is 2.80. The van der Waals surface area contributed by atoms with Crippen molar-refractivity contribution < 1.29 is 37.4 Å². The smallest absolute Gasteiger partial charge is 0.355 e. The first-order valence-corrected chi connectivity index (χ1v) is 9.45. The number of carbonyl (C=O) groups is 3. The number of nitrogens with one attached hydrogen (secondary N) is 1. The Morgan fingerprint density at radius 1 is 1.03 bits per heavy atom. The van der Waals surface area contributed by atoms with Crippen LogP contribution in [0.3, 0.4) is 0 Å². The summed E-state index contributed by atoms with van der Waals surface area (Å²) < 4.78 is 41.6. The van der Waals surface area contributed by atoms with Crippen LogP contribution in [-0.4, -0.2) is 45.4 Å². The molecule has 1 heterocycles. The third-order valence-electron chi connectivity index (χ3n) is 4.52. The number of hydrogen-bond acceptors (Lipinski definition) is 7. The predicted octanol–water partition coefficient (Wildman–Crippen LogP) is 3.26. The van der Waals surface area contributed by atoms with Gasteiger partial charge < -0.3 is 24.4 Å². The quantitative estimate of drug-likeness (QED) is 0.534. The van der Waals surface area contributed by atoms with E-state index in [2.05, 4.69) is 5.32 Å². The minimum Gasteiger partial charge on any atom is -0.466 e. The van der Waals surface area contributed by atoms with Gasteiger partial charge in [-0.15, -0.1) is 0 Å². The van der Waals surface area contributed by atoms with Gasteiger partial charge in [0.15, 0.2) is 11.6 Å². The maximum Gasteiger partial charge on any atom is 0.355 e. The summed E-state index contributed by atoms with van der Waals surface area (Å²) in [5, 5.41) is 2.27. The summed E-state index contributed by atoms with van der Waals surface area (Å²) in [6.07, 6.45) is 0. The lowest BCUT2D eigenvalue weighted by Crippen LogP contribution is -2.38. The highest BCUT2D eigenvalue weighted by molar-refractivity contribution is 6.34. The fourth-order valence-corrected chi connectivity index (χ4v) is 3.20. The molecule has 3 rings (SSSR count). The van der Waals surface area contributed by atoms with Gasteiger partial charge in [0.25, 0.3) is 5.91 Å². The molecule has 0 unspecified atom stereocenters. The first kappa shape index (κ1) is 23.2. The summed E-state index contributed by atoms with van der Waals surface area (Å²) in [4.78, 5) is 38.2. The number of rotatable bonds is 5. The highest BCUT2D eigenvalue weighted by Gasteiger charge is 2.32. The van der Waals surface area contributed by atoms with Crippen molar-refractivity contribution in [1.29, 1.82) is 0 Å². The SMILES string of the molecule is COC(=O)C1=C(C(=O)OC)N(c2ccc(NC(=O)c3cc(F)c(F)cc3Cl)cc2)COC1. The van der Waals surface area contributed by atoms with Gasteiger partial charge in [0.2, 0.25) is 0 Å². The zero-order valence-corrected chi connectivity index (χ0v) is 17.7. The molecule has 0 saturated heterocycles. The molecule has 0 spiro atoms. The Morgan fingerprint density at radius 2 is 1.66 bits per heavy atom. The van der Waals surface area contributed by atoms with E-state index in [1.165, 1.54) is 31.3 Å². The van der Waals surface area contributed by atoms with Gasteiger partial charge in [-0.3, -0.25) is 4.79 Å². The summed E-state index contributed by atoms with van der Waals surface area (Å²) in [5.41, 5.74) is 0.495. The number of amides is 1. The molecule has 1 amide bonds. The van der Waals surface area contributed by atoms with Crippen molar-refractivity contribution in [1.82, 2.24) is 0 Å². The van der Waals surface area contributed by atoms with Gasteiger partial charge in [-0.1, -0.05) is 11.6 Å². The van der Waals surface area contributed by atoms with E-state index >= 15 is 0 Å². The Balaban J connectivity index is 1.86. The first-order valence-electron chi connectivity index (χ1n) is 9.07. The third-order valence-corrected chi connectivity index (χ3v) is 4.84. The van der Waals surface area contributed by atoms with Crippen LogP contribution in [0.2, 0.25) is 5.02 Å². The summed E-state index contributed by atoms with van der Waals surface area (Å²) >= 11 is 5.83. The van der Waals surface area contributed by atoms with Gasteiger partial charge in [0.1, 0.15) is 12.4 Å². The number of ether oxygens (including phenoxy) is 3. The van der Waals surface area contributed by atoms with Gasteiger partial charge in [0, 0.05) is 11.4 Å². The van der Waals surface area contributed by atoms with Crippen LogP contribution in [0.4, 0.5) is 20.2 Å². The fourth-order valence-electron chi connectivity index (χ4n) is 2.97. The zero-order chi connectivity index (χ0) is 23.4. The number of carbonyl (C=O) groups excluding carboxylic acids is 3. The lowest BCUT2D eigenvalue weighted by molar-refractivity contribution is -0.140. The number of nitrogens with zero attached hydrogens (tertiary/aromatic N) is 1. The Bertz CT molecular complexity index is 1100. The van der Waals surface area contributed by atoms with Crippen molar-refractivity contribution in [2.45, 2.75) is 0 Å².